The quantitative estimate of drug-likeness (QED) is 0.802. The van der Waals surface area contributed by atoms with E-state index in [0.717, 1.165) is 0 Å². The van der Waals surface area contributed by atoms with Gasteiger partial charge in [-0.1, -0.05) is 5.16 Å². The molecule has 2 N–H and O–H groups in total. The summed E-state index contributed by atoms with van der Waals surface area (Å²) >= 11 is 0. The third kappa shape index (κ3) is 3.21. The van der Waals surface area contributed by atoms with Gasteiger partial charge in [-0.2, -0.15) is 0 Å². The van der Waals surface area contributed by atoms with Gasteiger partial charge in [-0.05, 0) is 20.8 Å². The SMILES string of the molecule is CCOC(=O)c1conc1C(C)(C)N.Cl. The van der Waals surface area contributed by atoms with Crippen molar-refractivity contribution in [2.45, 2.75) is 26.3 Å². The summed E-state index contributed by atoms with van der Waals surface area (Å²) in [4.78, 5) is 11.4. The van der Waals surface area contributed by atoms with Crippen molar-refractivity contribution < 1.29 is 14.1 Å². The minimum absolute atomic E-state index is 0. The van der Waals surface area contributed by atoms with Crippen molar-refractivity contribution in [2.75, 3.05) is 6.61 Å². The first-order valence-electron chi connectivity index (χ1n) is 4.37. The van der Waals surface area contributed by atoms with E-state index in [1.165, 1.54) is 6.26 Å². The number of rotatable bonds is 3. The Labute approximate surface area is 94.4 Å². The topological polar surface area (TPSA) is 78.3 Å². The molecule has 1 aromatic heterocycles. The zero-order valence-corrected chi connectivity index (χ0v) is 9.76. The largest absolute Gasteiger partial charge is 0.462 e. The first kappa shape index (κ1) is 13.9. The first-order chi connectivity index (χ1) is 6.46. The second-order valence-corrected chi connectivity index (χ2v) is 3.52. The number of carbonyl (C=O) groups excluding carboxylic acids is 1. The van der Waals surface area contributed by atoms with Crippen LogP contribution in [0.2, 0.25) is 0 Å². The van der Waals surface area contributed by atoms with E-state index in [1.54, 1.807) is 20.8 Å². The lowest BCUT2D eigenvalue weighted by atomic mass is 9.99. The van der Waals surface area contributed by atoms with Crippen LogP contribution in [0.15, 0.2) is 10.8 Å². The summed E-state index contributed by atoms with van der Waals surface area (Å²) in [6, 6.07) is 0. The zero-order chi connectivity index (χ0) is 10.8. The Kier molecular flexibility index (Phi) is 4.77. The van der Waals surface area contributed by atoms with Crippen LogP contribution < -0.4 is 5.73 Å². The van der Waals surface area contributed by atoms with E-state index in [1.807, 2.05) is 0 Å². The minimum atomic E-state index is -0.713. The van der Waals surface area contributed by atoms with Crippen LogP contribution in [-0.2, 0) is 10.3 Å². The molecule has 0 radical (unpaired) electrons. The van der Waals surface area contributed by atoms with Crippen LogP contribution >= 0.6 is 12.4 Å². The van der Waals surface area contributed by atoms with Crippen LogP contribution in [0.25, 0.3) is 0 Å². The van der Waals surface area contributed by atoms with E-state index < -0.39 is 11.5 Å². The summed E-state index contributed by atoms with van der Waals surface area (Å²) in [6.45, 7) is 5.54. The molecule has 6 heteroatoms. The van der Waals surface area contributed by atoms with Gasteiger partial charge >= 0.3 is 5.97 Å². The lowest BCUT2D eigenvalue weighted by molar-refractivity contribution is 0.0523. The molecule has 0 aliphatic carbocycles. The molecule has 1 aromatic rings. The van der Waals surface area contributed by atoms with E-state index in [0.29, 0.717) is 17.9 Å². The van der Waals surface area contributed by atoms with E-state index in [-0.39, 0.29) is 12.4 Å². The molecule has 1 rings (SSSR count). The van der Waals surface area contributed by atoms with Crippen LogP contribution in [0.5, 0.6) is 0 Å². The van der Waals surface area contributed by atoms with Crippen molar-refractivity contribution in [3.8, 4) is 0 Å². The molecule has 15 heavy (non-hydrogen) atoms. The van der Waals surface area contributed by atoms with E-state index in [2.05, 4.69) is 5.16 Å². The van der Waals surface area contributed by atoms with E-state index in [4.69, 9.17) is 15.0 Å². The van der Waals surface area contributed by atoms with Gasteiger partial charge in [0.1, 0.15) is 17.5 Å². The van der Waals surface area contributed by atoms with Crippen LogP contribution in [0, 0.1) is 0 Å². The fraction of sp³-hybridized carbons (Fsp3) is 0.556. The van der Waals surface area contributed by atoms with Gasteiger partial charge < -0.3 is 15.0 Å². The van der Waals surface area contributed by atoms with Crippen LogP contribution in [0.3, 0.4) is 0 Å². The molecule has 5 nitrogen and oxygen atoms in total. The predicted molar refractivity (Wildman–Crippen MR) is 56.9 cm³/mol. The number of nitrogens with zero attached hydrogens (tertiary/aromatic N) is 1. The summed E-state index contributed by atoms with van der Waals surface area (Å²) in [5.41, 5.74) is 5.80. The van der Waals surface area contributed by atoms with Gasteiger partial charge in [0.2, 0.25) is 0 Å². The van der Waals surface area contributed by atoms with Crippen molar-refractivity contribution in [3.05, 3.63) is 17.5 Å². The highest BCUT2D eigenvalue weighted by Crippen LogP contribution is 2.20. The second kappa shape index (κ2) is 5.14. The molecule has 0 fully saturated rings. The standard InChI is InChI=1S/C9H14N2O3.ClH/c1-4-13-8(12)6-5-14-11-7(6)9(2,3)10;/h5H,4,10H2,1-3H3;1H. The monoisotopic (exact) mass is 234 g/mol. The molecular weight excluding hydrogens is 220 g/mol. The maximum atomic E-state index is 11.4. The Bertz CT molecular complexity index is 330. The maximum absolute atomic E-state index is 11.4. The third-order valence-corrected chi connectivity index (χ3v) is 1.68. The summed E-state index contributed by atoms with van der Waals surface area (Å²) < 4.78 is 9.54. The molecule has 0 amide bonds. The minimum Gasteiger partial charge on any atom is -0.462 e. The number of ether oxygens (including phenoxy) is 1. The fourth-order valence-corrected chi connectivity index (χ4v) is 1.06. The smallest absolute Gasteiger partial charge is 0.343 e. The molecule has 0 unspecified atom stereocenters. The van der Waals surface area contributed by atoms with Gasteiger partial charge in [0.25, 0.3) is 0 Å². The highest BCUT2D eigenvalue weighted by atomic mass is 35.5. The molecular formula is C9H15ClN2O3. The van der Waals surface area contributed by atoms with Crippen molar-refractivity contribution in [1.82, 2.24) is 5.16 Å². The molecule has 0 bridgehead atoms. The number of nitrogens with two attached hydrogens (primary N) is 1. The second-order valence-electron chi connectivity index (χ2n) is 3.52. The molecule has 0 atom stereocenters. The van der Waals surface area contributed by atoms with Gasteiger partial charge in [-0.25, -0.2) is 4.79 Å². The van der Waals surface area contributed by atoms with Crippen LogP contribution in [-0.4, -0.2) is 17.7 Å². The number of halogens is 1. The molecule has 1 heterocycles. The number of hydrogen-bond acceptors (Lipinski definition) is 5. The van der Waals surface area contributed by atoms with E-state index >= 15 is 0 Å². The van der Waals surface area contributed by atoms with Gasteiger partial charge in [0, 0.05) is 0 Å². The Balaban J connectivity index is 0.00000196. The van der Waals surface area contributed by atoms with Crippen LogP contribution in [0.1, 0.15) is 36.8 Å². The summed E-state index contributed by atoms with van der Waals surface area (Å²) in [5, 5.41) is 3.69. The first-order valence-corrected chi connectivity index (χ1v) is 4.37. The van der Waals surface area contributed by atoms with Crippen molar-refractivity contribution >= 4 is 18.4 Å². The third-order valence-electron chi connectivity index (χ3n) is 1.68. The Morgan fingerprint density at radius 2 is 2.27 bits per heavy atom. The lowest BCUT2D eigenvalue weighted by Gasteiger charge is -2.15. The summed E-state index contributed by atoms with van der Waals surface area (Å²) in [5.74, 6) is -0.456. The molecule has 0 aliphatic heterocycles. The van der Waals surface area contributed by atoms with Gasteiger partial charge in [0.15, 0.2) is 0 Å². The lowest BCUT2D eigenvalue weighted by Crippen LogP contribution is -2.31. The predicted octanol–water partition coefficient (Wildman–Crippen LogP) is 1.47. The number of carbonyl (C=O) groups is 1. The molecule has 0 aromatic carbocycles. The van der Waals surface area contributed by atoms with Gasteiger partial charge in [-0.15, -0.1) is 12.4 Å². The van der Waals surface area contributed by atoms with Crippen molar-refractivity contribution in [2.24, 2.45) is 5.73 Å². The fourth-order valence-electron chi connectivity index (χ4n) is 1.06. The Morgan fingerprint density at radius 1 is 1.67 bits per heavy atom. The molecule has 86 valence electrons. The maximum Gasteiger partial charge on any atom is 0.343 e. The normalized spacial score (nSPS) is 10.7. The zero-order valence-electron chi connectivity index (χ0n) is 8.94. The van der Waals surface area contributed by atoms with Crippen molar-refractivity contribution in [1.29, 1.82) is 0 Å². The average molecular weight is 235 g/mol. The molecule has 0 spiro atoms. The average Bonchev–Trinajstić information content (AvgIpc) is 2.50. The number of hydrogen-bond donors (Lipinski definition) is 1. The van der Waals surface area contributed by atoms with Gasteiger partial charge in [0.05, 0.1) is 12.1 Å². The molecule has 0 aliphatic rings. The molecule has 0 saturated heterocycles. The van der Waals surface area contributed by atoms with Gasteiger partial charge in [-0.3, -0.25) is 0 Å². The Morgan fingerprint density at radius 3 is 2.73 bits per heavy atom. The highest BCUT2D eigenvalue weighted by molar-refractivity contribution is 5.90. The number of esters is 1. The van der Waals surface area contributed by atoms with Crippen LogP contribution in [0.4, 0.5) is 0 Å². The summed E-state index contributed by atoms with van der Waals surface area (Å²) in [7, 11) is 0. The molecule has 0 saturated carbocycles. The van der Waals surface area contributed by atoms with Crippen molar-refractivity contribution in [3.63, 3.8) is 0 Å². The summed E-state index contributed by atoms with van der Waals surface area (Å²) in [6.07, 6.45) is 1.25. The number of aromatic nitrogens is 1. The van der Waals surface area contributed by atoms with E-state index in [9.17, 15) is 4.79 Å². The highest BCUT2D eigenvalue weighted by Gasteiger charge is 2.27. The Hall–Kier alpha value is -1.07.